The van der Waals surface area contributed by atoms with E-state index in [1.54, 1.807) is 18.2 Å². The van der Waals surface area contributed by atoms with Gasteiger partial charge < -0.3 is 16.0 Å². The van der Waals surface area contributed by atoms with Crippen LogP contribution in [0.4, 0.5) is 5.13 Å². The summed E-state index contributed by atoms with van der Waals surface area (Å²) in [6.45, 7) is 2.59. The lowest BCUT2D eigenvalue weighted by Gasteiger charge is -2.19. The van der Waals surface area contributed by atoms with E-state index in [-0.39, 0.29) is 22.6 Å². The highest BCUT2D eigenvalue weighted by Gasteiger charge is 2.27. The number of thiazole rings is 1. The average molecular weight is 369 g/mol. The van der Waals surface area contributed by atoms with Crippen LogP contribution in [0.25, 0.3) is 10.9 Å². The van der Waals surface area contributed by atoms with Gasteiger partial charge >= 0.3 is 0 Å². The quantitative estimate of drug-likeness (QED) is 0.561. The van der Waals surface area contributed by atoms with E-state index >= 15 is 0 Å². The zero-order chi connectivity index (χ0) is 18.4. The maximum atomic E-state index is 12.5. The number of carbonyl (C=O) groups excluding carboxylic acids is 3. The summed E-state index contributed by atoms with van der Waals surface area (Å²) < 4.78 is 0. The molecule has 0 spiro atoms. The van der Waals surface area contributed by atoms with Gasteiger partial charge in [0.15, 0.2) is 5.13 Å². The van der Waals surface area contributed by atoms with E-state index in [0.717, 1.165) is 27.8 Å². The first-order valence-corrected chi connectivity index (χ1v) is 8.76. The third-order valence-electron chi connectivity index (χ3n) is 4.36. The van der Waals surface area contributed by atoms with Gasteiger partial charge in [0.05, 0.1) is 6.20 Å². The summed E-state index contributed by atoms with van der Waals surface area (Å²) in [5, 5.41) is 6.65. The Morgan fingerprint density at radius 2 is 2.19 bits per heavy atom. The number of nitrogens with zero attached hydrogens (tertiary/aromatic N) is 1. The first-order valence-electron chi connectivity index (χ1n) is 7.95. The molecule has 2 aromatic heterocycles. The normalized spacial score (nSPS) is 16.2. The number of nitrogens with two attached hydrogens (primary N) is 1. The van der Waals surface area contributed by atoms with Crippen molar-refractivity contribution in [2.75, 3.05) is 11.9 Å². The summed E-state index contributed by atoms with van der Waals surface area (Å²) in [6.07, 6.45) is 1.33. The summed E-state index contributed by atoms with van der Waals surface area (Å²) in [6, 6.07) is 5.21. The van der Waals surface area contributed by atoms with Crippen LogP contribution in [0.1, 0.15) is 48.9 Å². The van der Waals surface area contributed by atoms with Crippen LogP contribution < -0.4 is 16.4 Å². The smallest absolute Gasteiger partial charge is 0.268 e. The predicted octanol–water partition coefficient (Wildman–Crippen LogP) is 1.82. The third-order valence-corrected chi connectivity index (χ3v) is 5.29. The molecular weight excluding hydrogens is 354 g/mol. The fourth-order valence-corrected chi connectivity index (χ4v) is 3.76. The first-order chi connectivity index (χ1) is 12.4. The zero-order valence-electron chi connectivity index (χ0n) is 13.8. The van der Waals surface area contributed by atoms with E-state index in [0.29, 0.717) is 22.9 Å². The van der Waals surface area contributed by atoms with Crippen LogP contribution in [0.15, 0.2) is 24.4 Å². The summed E-state index contributed by atoms with van der Waals surface area (Å²) in [5.74, 6) is -0.926. The minimum Gasteiger partial charge on any atom is -0.365 e. The number of primary amides is 1. The van der Waals surface area contributed by atoms with E-state index in [1.165, 1.54) is 6.20 Å². The lowest BCUT2D eigenvalue weighted by molar-refractivity contribution is 0.0935. The molecule has 0 fully saturated rings. The average Bonchev–Trinajstić information content (AvgIpc) is 3.22. The first kappa shape index (κ1) is 16.3. The topological polar surface area (TPSA) is 130 Å². The fraction of sp³-hybridized carbons (Fsp3) is 0.176. The van der Waals surface area contributed by atoms with E-state index in [1.807, 2.05) is 6.92 Å². The minimum absolute atomic E-state index is 0.137. The summed E-state index contributed by atoms with van der Waals surface area (Å²) >= 11 is 1.02. The second-order valence-electron chi connectivity index (χ2n) is 6.13. The molecule has 0 bridgehead atoms. The van der Waals surface area contributed by atoms with E-state index in [4.69, 9.17) is 5.73 Å². The molecule has 0 aliphatic carbocycles. The summed E-state index contributed by atoms with van der Waals surface area (Å²) in [7, 11) is 0. The van der Waals surface area contributed by atoms with Gasteiger partial charge in [0.1, 0.15) is 10.6 Å². The Hall–Kier alpha value is -3.20. The minimum atomic E-state index is -0.587. The summed E-state index contributed by atoms with van der Waals surface area (Å²) in [4.78, 5) is 43.1. The second-order valence-corrected chi connectivity index (χ2v) is 7.16. The maximum absolute atomic E-state index is 12.5. The van der Waals surface area contributed by atoms with Crippen LogP contribution in [0.3, 0.4) is 0 Å². The highest BCUT2D eigenvalue weighted by molar-refractivity contribution is 7.17. The maximum Gasteiger partial charge on any atom is 0.268 e. The number of anilines is 1. The van der Waals surface area contributed by atoms with Gasteiger partial charge in [-0.15, -0.1) is 0 Å². The van der Waals surface area contributed by atoms with Gasteiger partial charge in [-0.1, -0.05) is 18.3 Å². The molecule has 0 saturated heterocycles. The number of rotatable bonds is 3. The number of fused-ring (bicyclic) bond motifs is 3. The zero-order valence-corrected chi connectivity index (χ0v) is 14.6. The number of H-pyrrole nitrogens is 1. The molecule has 0 radical (unpaired) electrons. The van der Waals surface area contributed by atoms with Crippen LogP contribution in [0.5, 0.6) is 0 Å². The molecule has 3 amide bonds. The van der Waals surface area contributed by atoms with Crippen molar-refractivity contribution in [3.8, 4) is 0 Å². The molecule has 1 aromatic carbocycles. The van der Waals surface area contributed by atoms with Crippen LogP contribution in [-0.4, -0.2) is 34.2 Å². The molecule has 3 heterocycles. The van der Waals surface area contributed by atoms with Crippen LogP contribution in [-0.2, 0) is 0 Å². The van der Waals surface area contributed by atoms with Crippen LogP contribution in [0, 0.1) is 0 Å². The van der Waals surface area contributed by atoms with Gasteiger partial charge in [-0.25, -0.2) is 4.98 Å². The number of carbonyl (C=O) groups is 3. The Bertz CT molecular complexity index is 1070. The number of hydrogen-bond donors (Lipinski definition) is 4. The van der Waals surface area contributed by atoms with Crippen LogP contribution in [0.2, 0.25) is 0 Å². The molecule has 4 rings (SSSR count). The molecule has 8 nitrogen and oxygen atoms in total. The molecule has 1 unspecified atom stereocenters. The lowest BCUT2D eigenvalue weighted by atomic mass is 9.93. The number of nitrogens with one attached hydrogen (secondary N) is 3. The highest BCUT2D eigenvalue weighted by atomic mass is 32.1. The molecular formula is C17H15N5O3S. The van der Waals surface area contributed by atoms with Gasteiger partial charge in [-0.3, -0.25) is 19.7 Å². The number of hydrogen-bond acceptors (Lipinski definition) is 5. The molecule has 3 aromatic rings. The molecule has 9 heteroatoms. The molecule has 5 N–H and O–H groups in total. The van der Waals surface area contributed by atoms with Crippen molar-refractivity contribution < 1.29 is 14.4 Å². The van der Waals surface area contributed by atoms with E-state index < -0.39 is 5.91 Å². The lowest BCUT2D eigenvalue weighted by Crippen LogP contribution is -2.33. The molecule has 1 aliphatic rings. The number of aromatic amines is 1. The molecule has 0 saturated carbocycles. The van der Waals surface area contributed by atoms with E-state index in [2.05, 4.69) is 20.6 Å². The molecule has 132 valence electrons. The molecule has 1 atom stereocenters. The Kier molecular flexibility index (Phi) is 3.73. The van der Waals surface area contributed by atoms with Gasteiger partial charge in [-0.05, 0) is 23.8 Å². The van der Waals surface area contributed by atoms with E-state index in [9.17, 15) is 14.4 Å². The number of aromatic nitrogens is 2. The Labute approximate surface area is 151 Å². The van der Waals surface area contributed by atoms with Crippen LogP contribution >= 0.6 is 11.3 Å². The molecule has 1 aliphatic heterocycles. The van der Waals surface area contributed by atoms with Gasteiger partial charge in [0, 0.05) is 28.9 Å². The number of amides is 3. The largest absolute Gasteiger partial charge is 0.365 e. The Balaban J connectivity index is 1.68. The van der Waals surface area contributed by atoms with Crippen molar-refractivity contribution in [3.63, 3.8) is 0 Å². The monoisotopic (exact) mass is 369 g/mol. The highest BCUT2D eigenvalue weighted by Crippen LogP contribution is 2.32. The predicted molar refractivity (Wildman–Crippen MR) is 97.6 cm³/mol. The van der Waals surface area contributed by atoms with Crippen molar-refractivity contribution in [2.24, 2.45) is 5.73 Å². The van der Waals surface area contributed by atoms with Crippen molar-refractivity contribution in [1.82, 2.24) is 15.3 Å². The third kappa shape index (κ3) is 2.62. The Morgan fingerprint density at radius 1 is 1.38 bits per heavy atom. The van der Waals surface area contributed by atoms with Gasteiger partial charge in [-0.2, -0.15) is 0 Å². The molecule has 26 heavy (non-hydrogen) atoms. The van der Waals surface area contributed by atoms with Gasteiger partial charge in [0.25, 0.3) is 17.7 Å². The van der Waals surface area contributed by atoms with Crippen molar-refractivity contribution in [1.29, 1.82) is 0 Å². The van der Waals surface area contributed by atoms with Crippen molar-refractivity contribution >= 4 is 45.1 Å². The number of benzene rings is 1. The SMILES string of the molecule is CC1CNC(=O)c2[nH]c3ccc(C(=O)Nc4ncc(C(N)=O)s4)cc3c21. The summed E-state index contributed by atoms with van der Waals surface area (Å²) in [5.41, 5.74) is 7.90. The Morgan fingerprint density at radius 3 is 2.92 bits per heavy atom. The van der Waals surface area contributed by atoms with Crippen molar-refractivity contribution in [2.45, 2.75) is 12.8 Å². The standard InChI is InChI=1S/C17H15N5O3S/c1-7-5-19-16(25)13-12(7)9-4-8(2-3-10(9)21-13)15(24)22-17-20-6-11(26-17)14(18)23/h2-4,6-7,21H,5H2,1H3,(H2,18,23)(H,19,25)(H,20,22,24). The second kappa shape index (κ2) is 5.95. The fourth-order valence-electron chi connectivity index (χ4n) is 3.10. The van der Waals surface area contributed by atoms with Gasteiger partial charge in [0.2, 0.25) is 0 Å². The van der Waals surface area contributed by atoms with Crippen molar-refractivity contribution in [3.05, 3.63) is 46.1 Å².